The molecule has 2 rings (SSSR count). The quantitative estimate of drug-likeness (QED) is 0.847. The average molecular weight is 264 g/mol. The Bertz CT molecular complexity index is 610. The summed E-state index contributed by atoms with van der Waals surface area (Å²) < 4.78 is 4.76. The number of H-pyrrole nitrogens is 1. The highest BCUT2D eigenvalue weighted by atomic mass is 32.1. The van der Waals surface area contributed by atoms with Crippen molar-refractivity contribution < 1.29 is 0 Å². The molecule has 1 N–H and O–H groups in total. The first kappa shape index (κ1) is 13.1. The van der Waals surface area contributed by atoms with Gasteiger partial charge in [-0.1, -0.05) is 20.8 Å². The second kappa shape index (κ2) is 4.39. The molecule has 0 bridgehead atoms. The van der Waals surface area contributed by atoms with Crippen molar-refractivity contribution in [2.75, 3.05) is 0 Å². The standard InChI is InChI=1S/C13H20N4S/c1-9-10(7-16(5)15-9)8-17-11(13(2,3)4)6-14-12(17)18/h6-7H,8H2,1-5H3,(H,14,18). The lowest BCUT2D eigenvalue weighted by atomic mass is 9.92. The fraction of sp³-hybridized carbons (Fsp3) is 0.538. The number of nitrogens with zero attached hydrogens (tertiary/aromatic N) is 3. The summed E-state index contributed by atoms with van der Waals surface area (Å²) >= 11 is 5.37. The van der Waals surface area contributed by atoms with E-state index in [0.717, 1.165) is 17.0 Å². The summed E-state index contributed by atoms with van der Waals surface area (Å²) in [4.78, 5) is 3.14. The maximum Gasteiger partial charge on any atom is 0.177 e. The summed E-state index contributed by atoms with van der Waals surface area (Å²) in [5, 5.41) is 4.37. The third-order valence-corrected chi connectivity index (χ3v) is 3.42. The molecule has 0 saturated carbocycles. The molecule has 0 aromatic carbocycles. The molecule has 5 heteroatoms. The van der Waals surface area contributed by atoms with Crippen molar-refractivity contribution in [3.8, 4) is 0 Å². The zero-order valence-corrected chi connectivity index (χ0v) is 12.4. The fourth-order valence-electron chi connectivity index (χ4n) is 2.15. The van der Waals surface area contributed by atoms with Crippen LogP contribution in [0.15, 0.2) is 12.4 Å². The van der Waals surface area contributed by atoms with Crippen LogP contribution in [0.5, 0.6) is 0 Å². The molecule has 0 radical (unpaired) electrons. The van der Waals surface area contributed by atoms with Crippen molar-refractivity contribution in [2.45, 2.75) is 39.7 Å². The van der Waals surface area contributed by atoms with Crippen LogP contribution in [0.1, 0.15) is 37.7 Å². The van der Waals surface area contributed by atoms with Gasteiger partial charge in [0.05, 0.1) is 12.2 Å². The van der Waals surface area contributed by atoms with Gasteiger partial charge in [-0.2, -0.15) is 5.10 Å². The lowest BCUT2D eigenvalue weighted by Gasteiger charge is -2.20. The van der Waals surface area contributed by atoms with E-state index in [4.69, 9.17) is 12.2 Å². The molecule has 0 fully saturated rings. The number of aryl methyl sites for hydroxylation is 2. The predicted molar refractivity (Wildman–Crippen MR) is 75.4 cm³/mol. The molecule has 0 atom stereocenters. The van der Waals surface area contributed by atoms with E-state index in [2.05, 4.69) is 41.6 Å². The molecule has 2 aromatic heterocycles. The molecule has 0 unspecified atom stereocenters. The van der Waals surface area contributed by atoms with Crippen LogP contribution in [-0.4, -0.2) is 19.3 Å². The Hall–Kier alpha value is -1.36. The fourth-order valence-corrected chi connectivity index (χ4v) is 2.37. The highest BCUT2D eigenvalue weighted by Crippen LogP contribution is 2.23. The molecule has 98 valence electrons. The van der Waals surface area contributed by atoms with Crippen molar-refractivity contribution in [3.63, 3.8) is 0 Å². The Labute approximate surface area is 113 Å². The van der Waals surface area contributed by atoms with Gasteiger partial charge in [-0.15, -0.1) is 0 Å². The third kappa shape index (κ3) is 2.41. The van der Waals surface area contributed by atoms with Crippen LogP contribution in [-0.2, 0) is 19.0 Å². The van der Waals surface area contributed by atoms with Crippen LogP contribution in [0.3, 0.4) is 0 Å². The van der Waals surface area contributed by atoms with Crippen LogP contribution >= 0.6 is 12.2 Å². The Kier molecular flexibility index (Phi) is 3.19. The highest BCUT2D eigenvalue weighted by Gasteiger charge is 2.20. The Morgan fingerprint density at radius 3 is 2.56 bits per heavy atom. The van der Waals surface area contributed by atoms with Crippen LogP contribution in [0.4, 0.5) is 0 Å². The van der Waals surface area contributed by atoms with Gasteiger partial charge in [0, 0.05) is 36.1 Å². The van der Waals surface area contributed by atoms with Gasteiger partial charge >= 0.3 is 0 Å². The molecule has 4 nitrogen and oxygen atoms in total. The van der Waals surface area contributed by atoms with Crippen molar-refractivity contribution in [2.24, 2.45) is 7.05 Å². The van der Waals surface area contributed by atoms with Crippen molar-refractivity contribution >= 4 is 12.2 Å². The highest BCUT2D eigenvalue weighted by molar-refractivity contribution is 7.71. The maximum atomic E-state index is 5.37. The predicted octanol–water partition coefficient (Wildman–Crippen LogP) is 2.93. The monoisotopic (exact) mass is 264 g/mol. The third-order valence-electron chi connectivity index (χ3n) is 3.08. The van der Waals surface area contributed by atoms with Crippen LogP contribution < -0.4 is 0 Å². The van der Waals surface area contributed by atoms with E-state index in [1.807, 2.05) is 24.9 Å². The van der Waals surface area contributed by atoms with E-state index in [0.29, 0.717) is 0 Å². The van der Waals surface area contributed by atoms with E-state index in [9.17, 15) is 0 Å². The molecule has 0 saturated heterocycles. The number of aromatic nitrogens is 4. The molecule has 0 aliphatic rings. The summed E-state index contributed by atoms with van der Waals surface area (Å²) in [6.45, 7) is 9.38. The van der Waals surface area contributed by atoms with Gasteiger partial charge < -0.3 is 9.55 Å². The molecule has 2 aromatic rings. The van der Waals surface area contributed by atoms with E-state index in [1.165, 1.54) is 11.3 Å². The lowest BCUT2D eigenvalue weighted by Crippen LogP contribution is -2.18. The summed E-state index contributed by atoms with van der Waals surface area (Å²) in [5.41, 5.74) is 3.55. The van der Waals surface area contributed by atoms with Crippen LogP contribution in [0, 0.1) is 11.7 Å². The van der Waals surface area contributed by atoms with Crippen molar-refractivity contribution in [1.29, 1.82) is 0 Å². The summed E-state index contributed by atoms with van der Waals surface area (Å²) in [5.74, 6) is 0. The zero-order chi connectivity index (χ0) is 13.5. The minimum absolute atomic E-state index is 0.0731. The first-order valence-electron chi connectivity index (χ1n) is 6.07. The SMILES string of the molecule is Cc1nn(C)cc1Cn1c(C(C)(C)C)c[nH]c1=S. The molecule has 2 heterocycles. The van der Waals surface area contributed by atoms with E-state index < -0.39 is 0 Å². The lowest BCUT2D eigenvalue weighted by molar-refractivity contribution is 0.529. The van der Waals surface area contributed by atoms with Gasteiger partial charge in [0.15, 0.2) is 4.77 Å². The second-order valence-electron chi connectivity index (χ2n) is 5.73. The second-order valence-corrected chi connectivity index (χ2v) is 6.12. The van der Waals surface area contributed by atoms with Crippen LogP contribution in [0.25, 0.3) is 0 Å². The van der Waals surface area contributed by atoms with Crippen molar-refractivity contribution in [1.82, 2.24) is 19.3 Å². The number of imidazole rings is 1. The summed E-state index contributed by atoms with van der Waals surface area (Å²) in [7, 11) is 1.94. The van der Waals surface area contributed by atoms with Crippen molar-refractivity contribution in [3.05, 3.63) is 34.1 Å². The number of aromatic amines is 1. The maximum absolute atomic E-state index is 5.37. The number of hydrogen-bond acceptors (Lipinski definition) is 2. The molecule has 0 aliphatic heterocycles. The summed E-state index contributed by atoms with van der Waals surface area (Å²) in [6.07, 6.45) is 4.06. The Morgan fingerprint density at radius 1 is 1.39 bits per heavy atom. The minimum atomic E-state index is 0.0731. The Balaban J connectivity index is 2.44. The number of hydrogen-bond donors (Lipinski definition) is 1. The van der Waals surface area contributed by atoms with Crippen LogP contribution in [0.2, 0.25) is 0 Å². The van der Waals surface area contributed by atoms with Gasteiger partial charge in [0.2, 0.25) is 0 Å². The van der Waals surface area contributed by atoms with Gasteiger partial charge in [-0.25, -0.2) is 0 Å². The first-order chi connectivity index (χ1) is 8.29. The van der Waals surface area contributed by atoms with E-state index in [-0.39, 0.29) is 5.41 Å². The smallest absolute Gasteiger partial charge is 0.177 e. The van der Waals surface area contributed by atoms with Gasteiger partial charge in [-0.05, 0) is 19.1 Å². The Morgan fingerprint density at radius 2 is 2.06 bits per heavy atom. The average Bonchev–Trinajstić information content (AvgIpc) is 2.72. The first-order valence-corrected chi connectivity index (χ1v) is 6.47. The minimum Gasteiger partial charge on any atom is -0.337 e. The molecular weight excluding hydrogens is 244 g/mol. The van der Waals surface area contributed by atoms with Gasteiger partial charge in [0.1, 0.15) is 0 Å². The summed E-state index contributed by atoms with van der Waals surface area (Å²) in [6, 6.07) is 0. The number of nitrogens with one attached hydrogen (secondary N) is 1. The number of rotatable bonds is 2. The molecular formula is C13H20N4S. The molecule has 0 spiro atoms. The topological polar surface area (TPSA) is 38.5 Å². The zero-order valence-electron chi connectivity index (χ0n) is 11.6. The largest absolute Gasteiger partial charge is 0.337 e. The van der Waals surface area contributed by atoms with Gasteiger partial charge in [-0.3, -0.25) is 4.68 Å². The molecule has 0 aliphatic carbocycles. The van der Waals surface area contributed by atoms with E-state index in [1.54, 1.807) is 0 Å². The van der Waals surface area contributed by atoms with Gasteiger partial charge in [0.25, 0.3) is 0 Å². The molecule has 0 amide bonds. The molecule has 18 heavy (non-hydrogen) atoms. The normalized spacial score (nSPS) is 12.1. The van der Waals surface area contributed by atoms with E-state index >= 15 is 0 Å².